The summed E-state index contributed by atoms with van der Waals surface area (Å²) in [7, 11) is 1.93. The van der Waals surface area contributed by atoms with E-state index in [0.29, 0.717) is 30.8 Å². The molecule has 1 heterocycles. The van der Waals surface area contributed by atoms with Crippen molar-refractivity contribution in [2.45, 2.75) is 33.7 Å². The van der Waals surface area contributed by atoms with Gasteiger partial charge in [-0.05, 0) is 39.4 Å². The van der Waals surface area contributed by atoms with E-state index >= 15 is 0 Å². The quantitative estimate of drug-likeness (QED) is 0.611. The van der Waals surface area contributed by atoms with Gasteiger partial charge in [0.2, 0.25) is 5.91 Å². The van der Waals surface area contributed by atoms with Gasteiger partial charge >= 0.3 is 0 Å². The van der Waals surface area contributed by atoms with Crippen molar-refractivity contribution in [1.82, 2.24) is 10.1 Å². The van der Waals surface area contributed by atoms with Crippen molar-refractivity contribution in [2.75, 3.05) is 18.9 Å². The van der Waals surface area contributed by atoms with Crippen LogP contribution in [0, 0.1) is 30.9 Å². The van der Waals surface area contributed by atoms with E-state index in [9.17, 15) is 14.9 Å². The number of nitro groups is 1. The van der Waals surface area contributed by atoms with Gasteiger partial charge in [-0.3, -0.25) is 14.9 Å². The van der Waals surface area contributed by atoms with Crippen LogP contribution >= 0.6 is 0 Å². The van der Waals surface area contributed by atoms with Crippen LogP contribution in [-0.2, 0) is 11.3 Å². The number of carbonyl (C=O) groups is 1. The lowest BCUT2D eigenvalue weighted by molar-refractivity contribution is -0.384. The van der Waals surface area contributed by atoms with Crippen molar-refractivity contribution in [3.8, 4) is 0 Å². The first-order valence-corrected chi connectivity index (χ1v) is 7.93. The summed E-state index contributed by atoms with van der Waals surface area (Å²) in [4.78, 5) is 24.4. The Morgan fingerprint density at radius 3 is 2.64 bits per heavy atom. The number of non-ortho nitro benzene ring substituents is 1. The Balaban J connectivity index is 1.87. The minimum absolute atomic E-state index is 0.00898. The van der Waals surface area contributed by atoms with Crippen LogP contribution in [0.15, 0.2) is 22.7 Å². The number of aromatic nitrogens is 1. The number of nitrogens with one attached hydrogen (secondary N) is 1. The number of rotatable bonds is 7. The highest BCUT2D eigenvalue weighted by molar-refractivity contribution is 5.91. The van der Waals surface area contributed by atoms with Crippen molar-refractivity contribution in [3.05, 3.63) is 50.9 Å². The third-order valence-corrected chi connectivity index (χ3v) is 4.02. The van der Waals surface area contributed by atoms with Gasteiger partial charge in [-0.2, -0.15) is 0 Å². The predicted octanol–water partition coefficient (Wildman–Crippen LogP) is 2.97. The summed E-state index contributed by atoms with van der Waals surface area (Å²) in [5.41, 5.74) is 3.15. The number of amides is 1. The van der Waals surface area contributed by atoms with Crippen LogP contribution in [0.2, 0.25) is 0 Å². The lowest BCUT2D eigenvalue weighted by Gasteiger charge is -2.16. The molecule has 1 N–H and O–H groups in total. The Morgan fingerprint density at radius 2 is 2.08 bits per heavy atom. The number of hydrogen-bond donors (Lipinski definition) is 1. The van der Waals surface area contributed by atoms with Gasteiger partial charge in [0.1, 0.15) is 5.76 Å². The first-order valence-electron chi connectivity index (χ1n) is 7.93. The molecule has 0 bridgehead atoms. The number of anilines is 1. The number of nitrogens with zero attached hydrogens (tertiary/aromatic N) is 3. The van der Waals surface area contributed by atoms with Gasteiger partial charge in [0.05, 0.1) is 10.6 Å². The number of hydrogen-bond acceptors (Lipinski definition) is 6. The molecule has 0 atom stereocenters. The molecule has 0 unspecified atom stereocenters. The number of aryl methyl sites for hydroxylation is 3. The average Bonchev–Trinajstić information content (AvgIpc) is 2.86. The molecule has 0 spiro atoms. The van der Waals surface area contributed by atoms with E-state index in [2.05, 4.69) is 10.5 Å². The van der Waals surface area contributed by atoms with Gasteiger partial charge in [-0.1, -0.05) is 5.16 Å². The standard InChI is InChI=1S/C17H22N4O4/c1-11-9-14(21(23)24)5-6-16(11)18-17(22)7-8-20(4)10-15-12(2)19-25-13(15)3/h5-6,9H,7-8,10H2,1-4H3,(H,18,22). The van der Waals surface area contributed by atoms with E-state index in [-0.39, 0.29) is 11.6 Å². The normalized spacial score (nSPS) is 10.9. The fraction of sp³-hybridized carbons (Fsp3) is 0.412. The van der Waals surface area contributed by atoms with E-state index in [1.54, 1.807) is 13.0 Å². The molecule has 0 radical (unpaired) electrons. The van der Waals surface area contributed by atoms with E-state index in [4.69, 9.17) is 4.52 Å². The van der Waals surface area contributed by atoms with Crippen LogP contribution in [0.4, 0.5) is 11.4 Å². The van der Waals surface area contributed by atoms with Gasteiger partial charge < -0.3 is 14.7 Å². The molecule has 2 aromatic rings. The largest absolute Gasteiger partial charge is 0.361 e. The van der Waals surface area contributed by atoms with E-state index < -0.39 is 4.92 Å². The van der Waals surface area contributed by atoms with Crippen molar-refractivity contribution >= 4 is 17.3 Å². The Hall–Kier alpha value is -2.74. The predicted molar refractivity (Wildman–Crippen MR) is 93.4 cm³/mol. The zero-order valence-electron chi connectivity index (χ0n) is 14.8. The van der Waals surface area contributed by atoms with Crippen LogP contribution in [0.5, 0.6) is 0 Å². The van der Waals surface area contributed by atoms with Gasteiger partial charge in [0.25, 0.3) is 5.69 Å². The maximum Gasteiger partial charge on any atom is 0.269 e. The second kappa shape index (κ2) is 7.89. The molecule has 8 nitrogen and oxygen atoms in total. The summed E-state index contributed by atoms with van der Waals surface area (Å²) in [6.07, 6.45) is 0.316. The van der Waals surface area contributed by atoms with Crippen molar-refractivity contribution in [3.63, 3.8) is 0 Å². The lowest BCUT2D eigenvalue weighted by atomic mass is 10.1. The minimum Gasteiger partial charge on any atom is -0.361 e. The summed E-state index contributed by atoms with van der Waals surface area (Å²) in [6.45, 7) is 6.72. The monoisotopic (exact) mass is 346 g/mol. The van der Waals surface area contributed by atoms with Gasteiger partial charge in [0, 0.05) is 42.9 Å². The first kappa shape index (κ1) is 18.6. The summed E-state index contributed by atoms with van der Waals surface area (Å²) in [5, 5.41) is 17.5. The fourth-order valence-corrected chi connectivity index (χ4v) is 2.48. The molecule has 1 aromatic heterocycles. The maximum absolute atomic E-state index is 12.1. The van der Waals surface area contributed by atoms with Crippen molar-refractivity contribution in [2.24, 2.45) is 0 Å². The lowest BCUT2D eigenvalue weighted by Crippen LogP contribution is -2.24. The smallest absolute Gasteiger partial charge is 0.269 e. The Morgan fingerprint density at radius 1 is 1.36 bits per heavy atom. The zero-order valence-corrected chi connectivity index (χ0v) is 14.8. The van der Waals surface area contributed by atoms with Gasteiger partial charge in [-0.25, -0.2) is 0 Å². The molecule has 0 fully saturated rings. The van der Waals surface area contributed by atoms with Crippen LogP contribution in [0.3, 0.4) is 0 Å². The van der Waals surface area contributed by atoms with Gasteiger partial charge in [0.15, 0.2) is 0 Å². The molecule has 25 heavy (non-hydrogen) atoms. The summed E-state index contributed by atoms with van der Waals surface area (Å²) >= 11 is 0. The number of benzene rings is 1. The Labute approximate surface area is 145 Å². The Bertz CT molecular complexity index is 765. The summed E-state index contributed by atoms with van der Waals surface area (Å²) in [5.74, 6) is 0.651. The fourth-order valence-electron chi connectivity index (χ4n) is 2.48. The molecule has 2 rings (SSSR count). The van der Waals surface area contributed by atoms with Crippen LogP contribution < -0.4 is 5.32 Å². The second-order valence-electron chi connectivity index (χ2n) is 6.10. The zero-order chi connectivity index (χ0) is 18.6. The average molecular weight is 346 g/mol. The molecule has 1 amide bonds. The molecular formula is C17H22N4O4. The third-order valence-electron chi connectivity index (χ3n) is 4.02. The van der Waals surface area contributed by atoms with Crippen LogP contribution in [0.1, 0.15) is 29.0 Å². The number of carbonyl (C=O) groups excluding carboxylic acids is 1. The van der Waals surface area contributed by atoms with Crippen LogP contribution in [-0.4, -0.2) is 34.5 Å². The molecule has 0 saturated carbocycles. The summed E-state index contributed by atoms with van der Waals surface area (Å²) < 4.78 is 5.14. The SMILES string of the molecule is Cc1cc([N+](=O)[O-])ccc1NC(=O)CCN(C)Cc1c(C)noc1C. The number of nitro benzene ring substituents is 1. The molecule has 8 heteroatoms. The minimum atomic E-state index is -0.456. The molecule has 0 aliphatic heterocycles. The van der Waals surface area contributed by atoms with E-state index in [1.165, 1.54) is 12.1 Å². The highest BCUT2D eigenvalue weighted by atomic mass is 16.6. The van der Waals surface area contributed by atoms with Crippen LogP contribution in [0.25, 0.3) is 0 Å². The second-order valence-corrected chi connectivity index (χ2v) is 6.10. The molecule has 1 aromatic carbocycles. The molecule has 0 saturated heterocycles. The molecule has 0 aliphatic rings. The van der Waals surface area contributed by atoms with Crippen molar-refractivity contribution in [1.29, 1.82) is 0 Å². The molecule has 0 aliphatic carbocycles. The van der Waals surface area contributed by atoms with E-state index in [0.717, 1.165) is 17.0 Å². The topological polar surface area (TPSA) is 102 Å². The molecule has 134 valence electrons. The summed E-state index contributed by atoms with van der Waals surface area (Å²) in [6, 6.07) is 4.38. The maximum atomic E-state index is 12.1. The van der Waals surface area contributed by atoms with E-state index in [1.807, 2.05) is 25.8 Å². The molecular weight excluding hydrogens is 324 g/mol. The Kier molecular flexibility index (Phi) is 5.87. The highest BCUT2D eigenvalue weighted by Crippen LogP contribution is 2.21. The first-order chi connectivity index (χ1) is 11.8. The highest BCUT2D eigenvalue weighted by Gasteiger charge is 2.13. The third kappa shape index (κ3) is 4.87. The van der Waals surface area contributed by atoms with Gasteiger partial charge in [-0.15, -0.1) is 0 Å². The van der Waals surface area contributed by atoms with Crippen molar-refractivity contribution < 1.29 is 14.2 Å².